The van der Waals surface area contributed by atoms with Crippen molar-refractivity contribution in [2.75, 3.05) is 23.9 Å². The lowest BCUT2D eigenvalue weighted by molar-refractivity contribution is -0.122. The van der Waals surface area contributed by atoms with E-state index in [2.05, 4.69) is 10.6 Å². The van der Waals surface area contributed by atoms with E-state index >= 15 is 0 Å². The van der Waals surface area contributed by atoms with Gasteiger partial charge < -0.3 is 14.8 Å². The highest BCUT2D eigenvalue weighted by Crippen LogP contribution is 2.29. The Bertz CT molecular complexity index is 1370. The van der Waals surface area contributed by atoms with E-state index in [0.717, 1.165) is 10.5 Å². The van der Waals surface area contributed by atoms with Crippen LogP contribution in [0.3, 0.4) is 0 Å². The number of nitrogens with one attached hydrogen (secondary N) is 2. The van der Waals surface area contributed by atoms with E-state index in [1.54, 1.807) is 48.5 Å². The molecule has 0 radical (unpaired) electrons. The number of amides is 5. The van der Waals surface area contributed by atoms with Crippen LogP contribution in [-0.4, -0.2) is 37.5 Å². The van der Waals surface area contributed by atoms with E-state index in [9.17, 15) is 19.2 Å². The summed E-state index contributed by atoms with van der Waals surface area (Å²) in [7, 11) is 1.48. The summed E-state index contributed by atoms with van der Waals surface area (Å²) in [4.78, 5) is 51.4. The maximum atomic E-state index is 13.1. The molecule has 0 unspecified atom stereocenters. The van der Waals surface area contributed by atoms with Crippen LogP contribution in [0.1, 0.15) is 11.1 Å². The molecule has 9 heteroatoms. The van der Waals surface area contributed by atoms with Crippen molar-refractivity contribution in [2.45, 2.75) is 6.92 Å². The van der Waals surface area contributed by atoms with Crippen LogP contribution in [0.15, 0.2) is 78.4 Å². The van der Waals surface area contributed by atoms with Gasteiger partial charge in [-0.15, -0.1) is 0 Å². The summed E-state index contributed by atoms with van der Waals surface area (Å²) in [5, 5.41) is 4.93. The monoisotopic (exact) mass is 485 g/mol. The van der Waals surface area contributed by atoms with Crippen molar-refractivity contribution >= 4 is 41.2 Å². The maximum Gasteiger partial charge on any atom is 0.335 e. The Kier molecular flexibility index (Phi) is 7.10. The minimum atomic E-state index is -0.840. The predicted octanol–water partition coefficient (Wildman–Crippen LogP) is 3.69. The van der Waals surface area contributed by atoms with Crippen molar-refractivity contribution < 1.29 is 28.7 Å². The Morgan fingerprint density at radius 3 is 2.50 bits per heavy atom. The van der Waals surface area contributed by atoms with Crippen LogP contribution in [0.2, 0.25) is 0 Å². The molecule has 1 aliphatic rings. The van der Waals surface area contributed by atoms with Crippen molar-refractivity contribution in [1.82, 2.24) is 5.32 Å². The number of ether oxygens (including phenoxy) is 2. The molecular weight excluding hydrogens is 462 g/mol. The van der Waals surface area contributed by atoms with Crippen molar-refractivity contribution in [1.29, 1.82) is 0 Å². The van der Waals surface area contributed by atoms with Gasteiger partial charge in [0, 0.05) is 17.3 Å². The number of benzene rings is 3. The van der Waals surface area contributed by atoms with Gasteiger partial charge in [-0.3, -0.25) is 19.7 Å². The molecule has 0 atom stereocenters. The molecule has 0 saturated carbocycles. The molecule has 1 heterocycles. The third-order valence-electron chi connectivity index (χ3n) is 5.30. The van der Waals surface area contributed by atoms with Crippen molar-refractivity contribution in [3.63, 3.8) is 0 Å². The number of carbonyl (C=O) groups excluding carboxylic acids is 4. The average molecular weight is 485 g/mol. The third kappa shape index (κ3) is 5.41. The summed E-state index contributed by atoms with van der Waals surface area (Å²) >= 11 is 0. The van der Waals surface area contributed by atoms with Crippen LogP contribution in [0.4, 0.5) is 16.2 Å². The van der Waals surface area contributed by atoms with Gasteiger partial charge in [-0.2, -0.15) is 0 Å². The number of carbonyl (C=O) groups is 4. The Hall–Kier alpha value is -4.92. The fourth-order valence-corrected chi connectivity index (χ4v) is 3.57. The standard InChI is InChI=1S/C27H23N3O6/c1-17-7-6-8-19(13-17)28-24(31)16-36-23-15-21(35-2)12-11-18(23)14-22-25(32)29-27(34)30(26(22)33)20-9-4-3-5-10-20/h3-15H,16H2,1-2H3,(H,28,31)(H,29,32,34)/b22-14+. The first-order valence-corrected chi connectivity index (χ1v) is 11.0. The highest BCUT2D eigenvalue weighted by Gasteiger charge is 2.36. The zero-order chi connectivity index (χ0) is 25.7. The zero-order valence-electron chi connectivity index (χ0n) is 19.6. The summed E-state index contributed by atoms with van der Waals surface area (Å²) < 4.78 is 11.0. The normalized spacial score (nSPS) is 14.4. The molecule has 1 aliphatic heterocycles. The largest absolute Gasteiger partial charge is 0.497 e. The summed E-state index contributed by atoms with van der Waals surface area (Å²) in [6.45, 7) is 1.59. The molecule has 3 aromatic rings. The van der Waals surface area contributed by atoms with Gasteiger partial charge >= 0.3 is 6.03 Å². The Morgan fingerprint density at radius 2 is 1.78 bits per heavy atom. The van der Waals surface area contributed by atoms with Crippen LogP contribution in [-0.2, 0) is 14.4 Å². The molecule has 1 saturated heterocycles. The van der Waals surface area contributed by atoms with Gasteiger partial charge in [-0.05, 0) is 55.0 Å². The number of methoxy groups -OCH3 is 1. The van der Waals surface area contributed by atoms with Gasteiger partial charge in [-0.1, -0.05) is 30.3 Å². The molecule has 36 heavy (non-hydrogen) atoms. The van der Waals surface area contributed by atoms with Crippen LogP contribution in [0.5, 0.6) is 11.5 Å². The van der Waals surface area contributed by atoms with Crippen molar-refractivity contribution in [3.8, 4) is 11.5 Å². The SMILES string of the molecule is COc1ccc(/C=C2\C(=O)NC(=O)N(c3ccccc3)C2=O)c(OCC(=O)Nc2cccc(C)c2)c1. The first-order chi connectivity index (χ1) is 17.4. The lowest BCUT2D eigenvalue weighted by atomic mass is 10.1. The first kappa shape index (κ1) is 24.2. The second kappa shape index (κ2) is 10.6. The topological polar surface area (TPSA) is 114 Å². The lowest BCUT2D eigenvalue weighted by Gasteiger charge is -2.26. The second-order valence-corrected chi connectivity index (χ2v) is 7.90. The first-order valence-electron chi connectivity index (χ1n) is 11.0. The van der Waals surface area contributed by atoms with E-state index in [1.807, 2.05) is 25.1 Å². The van der Waals surface area contributed by atoms with Gasteiger partial charge in [0.2, 0.25) is 0 Å². The van der Waals surface area contributed by atoms with Crippen LogP contribution in [0, 0.1) is 6.92 Å². The zero-order valence-corrected chi connectivity index (χ0v) is 19.6. The van der Waals surface area contributed by atoms with Gasteiger partial charge in [0.05, 0.1) is 12.8 Å². The molecule has 0 aromatic heterocycles. The fourth-order valence-electron chi connectivity index (χ4n) is 3.57. The van der Waals surface area contributed by atoms with E-state index in [-0.39, 0.29) is 17.9 Å². The molecule has 0 aliphatic carbocycles. The molecule has 1 fully saturated rings. The van der Waals surface area contributed by atoms with E-state index < -0.39 is 23.8 Å². The summed E-state index contributed by atoms with van der Waals surface area (Å²) in [5.41, 5.74) is 2.02. The minimum Gasteiger partial charge on any atom is -0.497 e. The van der Waals surface area contributed by atoms with Gasteiger partial charge in [0.1, 0.15) is 17.1 Å². The smallest absolute Gasteiger partial charge is 0.335 e. The highest BCUT2D eigenvalue weighted by molar-refractivity contribution is 6.39. The molecule has 182 valence electrons. The number of urea groups is 1. The number of aryl methyl sites for hydroxylation is 1. The Morgan fingerprint density at radius 1 is 1.00 bits per heavy atom. The summed E-state index contributed by atoms with van der Waals surface area (Å²) in [6, 6.07) is 19.5. The van der Waals surface area contributed by atoms with E-state index in [0.29, 0.717) is 22.7 Å². The molecule has 0 bridgehead atoms. The number of hydrogen-bond acceptors (Lipinski definition) is 6. The molecule has 4 rings (SSSR count). The number of rotatable bonds is 7. The van der Waals surface area contributed by atoms with E-state index in [1.165, 1.54) is 19.3 Å². The Labute approximate surface area is 207 Å². The van der Waals surface area contributed by atoms with Crippen molar-refractivity contribution in [3.05, 3.63) is 89.5 Å². The fraction of sp³-hybridized carbons (Fsp3) is 0.111. The second-order valence-electron chi connectivity index (χ2n) is 7.90. The van der Waals surface area contributed by atoms with Crippen LogP contribution in [0.25, 0.3) is 6.08 Å². The minimum absolute atomic E-state index is 0.213. The van der Waals surface area contributed by atoms with Crippen LogP contribution < -0.4 is 25.0 Å². The lowest BCUT2D eigenvalue weighted by Crippen LogP contribution is -2.54. The molecule has 0 spiro atoms. The highest BCUT2D eigenvalue weighted by atomic mass is 16.5. The molecule has 5 amide bonds. The van der Waals surface area contributed by atoms with Gasteiger partial charge in [0.15, 0.2) is 6.61 Å². The summed E-state index contributed by atoms with van der Waals surface area (Å²) in [6.07, 6.45) is 1.31. The number of nitrogens with zero attached hydrogens (tertiary/aromatic N) is 1. The molecule has 9 nitrogen and oxygen atoms in total. The van der Waals surface area contributed by atoms with E-state index in [4.69, 9.17) is 9.47 Å². The number of imide groups is 2. The Balaban J connectivity index is 1.59. The number of barbiturate groups is 1. The van der Waals surface area contributed by atoms with Crippen LogP contribution >= 0.6 is 0 Å². The quantitative estimate of drug-likeness (QED) is 0.390. The third-order valence-corrected chi connectivity index (χ3v) is 5.30. The van der Waals surface area contributed by atoms with Gasteiger partial charge in [0.25, 0.3) is 17.7 Å². The van der Waals surface area contributed by atoms with Crippen molar-refractivity contribution in [2.24, 2.45) is 0 Å². The molecule has 3 aromatic carbocycles. The summed E-state index contributed by atoms with van der Waals surface area (Å²) in [5.74, 6) is -1.35. The average Bonchev–Trinajstić information content (AvgIpc) is 2.86. The molecule has 2 N–H and O–H groups in total. The maximum absolute atomic E-state index is 13.1. The number of hydrogen-bond donors (Lipinski definition) is 2. The van der Waals surface area contributed by atoms with Gasteiger partial charge in [-0.25, -0.2) is 9.69 Å². The number of anilines is 2. The predicted molar refractivity (Wildman–Crippen MR) is 134 cm³/mol. The molecular formula is C27H23N3O6. The number of para-hydroxylation sites is 1.